The quantitative estimate of drug-likeness (QED) is 0.497. The topological polar surface area (TPSA) is 54.5 Å². The third-order valence-corrected chi connectivity index (χ3v) is 4.76. The number of carbonyl (C=O) groups is 1. The lowest BCUT2D eigenvalue weighted by atomic mass is 9.93. The smallest absolute Gasteiger partial charge is 0.410 e. The summed E-state index contributed by atoms with van der Waals surface area (Å²) in [7, 11) is 0. The predicted octanol–water partition coefficient (Wildman–Crippen LogP) is 5.21. The van der Waals surface area contributed by atoms with Crippen LogP contribution in [0.3, 0.4) is 0 Å². The average molecular weight is 430 g/mol. The summed E-state index contributed by atoms with van der Waals surface area (Å²) in [5.74, 6) is 0.457. The second-order valence-electron chi connectivity index (χ2n) is 7.82. The first kappa shape index (κ1) is 20.9. The van der Waals surface area contributed by atoms with Crippen LogP contribution in [-0.2, 0) is 4.74 Å². The number of aromatic nitrogens is 1. The van der Waals surface area contributed by atoms with E-state index in [0.29, 0.717) is 17.1 Å². The molecule has 1 aliphatic rings. The van der Waals surface area contributed by atoms with Crippen LogP contribution in [0.15, 0.2) is 16.7 Å². The molecule has 0 aliphatic carbocycles. The molecule has 146 valence electrons. The lowest BCUT2D eigenvalue weighted by Crippen LogP contribution is -2.42. The maximum atomic E-state index is 13.6. The molecule has 2 heterocycles. The lowest BCUT2D eigenvalue weighted by Gasteiger charge is -2.34. The fourth-order valence-corrected chi connectivity index (χ4v) is 3.41. The third kappa shape index (κ3) is 7.09. The van der Waals surface area contributed by atoms with Crippen molar-refractivity contribution in [3.63, 3.8) is 0 Å². The molecule has 1 atom stereocenters. The van der Waals surface area contributed by atoms with Gasteiger partial charge in [0.15, 0.2) is 11.6 Å². The van der Waals surface area contributed by atoms with E-state index in [1.807, 2.05) is 25.7 Å². The summed E-state index contributed by atoms with van der Waals surface area (Å²) < 4.78 is 19.7. The fraction of sp³-hybridized carbons (Fsp3) is 0.684. The van der Waals surface area contributed by atoms with Gasteiger partial charge in [0.05, 0.1) is 0 Å². The normalized spacial score (nSPS) is 17.9. The van der Waals surface area contributed by atoms with E-state index in [2.05, 4.69) is 26.2 Å². The molecular weight excluding hydrogens is 401 g/mol. The largest absolute Gasteiger partial charge is 0.444 e. The number of hydrogen-bond acceptors (Lipinski definition) is 4. The zero-order valence-corrected chi connectivity index (χ0v) is 17.4. The molecule has 1 amide bonds. The lowest BCUT2D eigenvalue weighted by molar-refractivity contribution is 0.0160. The predicted molar refractivity (Wildman–Crippen MR) is 105 cm³/mol. The number of amides is 1. The summed E-state index contributed by atoms with van der Waals surface area (Å²) in [4.78, 5) is 18.1. The molecule has 1 N–H and O–H groups in total. The van der Waals surface area contributed by atoms with E-state index in [4.69, 9.17) is 4.74 Å². The Morgan fingerprint density at radius 1 is 1.42 bits per heavy atom. The molecule has 2 rings (SSSR count). The summed E-state index contributed by atoms with van der Waals surface area (Å²) in [5.41, 5.74) is -0.453. The number of hydrogen-bond donors (Lipinski definition) is 1. The van der Waals surface area contributed by atoms with Crippen LogP contribution in [0.2, 0.25) is 0 Å². The van der Waals surface area contributed by atoms with Crippen molar-refractivity contribution >= 4 is 27.8 Å². The van der Waals surface area contributed by atoms with Gasteiger partial charge in [-0.05, 0) is 80.4 Å². The molecule has 26 heavy (non-hydrogen) atoms. The van der Waals surface area contributed by atoms with Gasteiger partial charge in [0.1, 0.15) is 10.2 Å². The number of anilines is 1. The molecule has 1 aromatic rings. The molecule has 1 aliphatic heterocycles. The molecule has 1 saturated heterocycles. The maximum Gasteiger partial charge on any atom is 0.410 e. The van der Waals surface area contributed by atoms with Crippen LogP contribution in [0.4, 0.5) is 15.0 Å². The Labute approximate surface area is 163 Å². The SMILES string of the molecule is CC(C)(C)OC(=O)N1CCCC(CCCCNc2nc(Br)ccc2F)C1. The van der Waals surface area contributed by atoms with E-state index >= 15 is 0 Å². The van der Waals surface area contributed by atoms with E-state index in [-0.39, 0.29) is 17.7 Å². The van der Waals surface area contributed by atoms with Gasteiger partial charge in [0.2, 0.25) is 0 Å². The van der Waals surface area contributed by atoms with Crippen molar-refractivity contribution in [2.24, 2.45) is 5.92 Å². The van der Waals surface area contributed by atoms with Crippen molar-refractivity contribution in [2.75, 3.05) is 25.0 Å². The van der Waals surface area contributed by atoms with Gasteiger partial charge in [0, 0.05) is 19.6 Å². The van der Waals surface area contributed by atoms with Gasteiger partial charge in [-0.25, -0.2) is 14.2 Å². The highest BCUT2D eigenvalue weighted by molar-refractivity contribution is 9.10. The van der Waals surface area contributed by atoms with Crippen molar-refractivity contribution < 1.29 is 13.9 Å². The number of carbonyl (C=O) groups excluding carboxylic acids is 1. The van der Waals surface area contributed by atoms with Gasteiger partial charge in [0.25, 0.3) is 0 Å². The summed E-state index contributed by atoms with van der Waals surface area (Å²) in [5, 5.41) is 3.04. The van der Waals surface area contributed by atoms with Crippen LogP contribution in [0.5, 0.6) is 0 Å². The Morgan fingerprint density at radius 3 is 2.92 bits per heavy atom. The molecule has 7 heteroatoms. The minimum atomic E-state index is -0.453. The first-order chi connectivity index (χ1) is 12.2. The van der Waals surface area contributed by atoms with Crippen molar-refractivity contribution in [3.05, 3.63) is 22.6 Å². The number of halogens is 2. The van der Waals surface area contributed by atoms with Gasteiger partial charge in [-0.15, -0.1) is 0 Å². The second kappa shape index (κ2) is 9.53. The standard InChI is InChI=1S/C19H29BrFN3O2/c1-19(2,3)26-18(25)24-12-6-8-14(13-24)7-4-5-11-22-17-15(21)9-10-16(20)23-17/h9-10,14H,4-8,11-13H2,1-3H3,(H,22,23). The van der Waals surface area contributed by atoms with E-state index < -0.39 is 5.60 Å². The molecule has 1 fully saturated rings. The highest BCUT2D eigenvalue weighted by Gasteiger charge is 2.27. The Morgan fingerprint density at radius 2 is 2.19 bits per heavy atom. The zero-order valence-electron chi connectivity index (χ0n) is 15.9. The van der Waals surface area contributed by atoms with Crippen molar-refractivity contribution in [3.8, 4) is 0 Å². The van der Waals surface area contributed by atoms with Crippen LogP contribution in [0, 0.1) is 11.7 Å². The van der Waals surface area contributed by atoms with E-state index in [0.717, 1.165) is 45.2 Å². The Hall–Kier alpha value is -1.37. The minimum absolute atomic E-state index is 0.208. The Bertz CT molecular complexity index is 607. The molecule has 0 bridgehead atoms. The molecule has 0 radical (unpaired) electrons. The molecule has 5 nitrogen and oxygen atoms in total. The maximum absolute atomic E-state index is 13.6. The fourth-order valence-electron chi connectivity index (χ4n) is 3.10. The molecule has 1 aromatic heterocycles. The van der Waals surface area contributed by atoms with Gasteiger partial charge in [-0.1, -0.05) is 6.42 Å². The van der Waals surface area contributed by atoms with Crippen molar-refractivity contribution in [1.82, 2.24) is 9.88 Å². The van der Waals surface area contributed by atoms with Crippen LogP contribution in [0.25, 0.3) is 0 Å². The number of nitrogens with one attached hydrogen (secondary N) is 1. The van der Waals surface area contributed by atoms with Gasteiger partial charge >= 0.3 is 6.09 Å². The summed E-state index contributed by atoms with van der Waals surface area (Å²) in [6, 6.07) is 2.98. The molecular formula is C19H29BrFN3O2. The van der Waals surface area contributed by atoms with Crippen LogP contribution in [-0.4, -0.2) is 41.2 Å². The number of rotatable bonds is 6. The number of likely N-dealkylation sites (tertiary alicyclic amines) is 1. The number of piperidine rings is 1. The van der Waals surface area contributed by atoms with Gasteiger partial charge in [-0.2, -0.15) is 0 Å². The Kier molecular flexibility index (Phi) is 7.68. The monoisotopic (exact) mass is 429 g/mol. The highest BCUT2D eigenvalue weighted by Crippen LogP contribution is 2.23. The summed E-state index contributed by atoms with van der Waals surface area (Å²) in [6.45, 7) is 7.90. The number of nitrogens with zero attached hydrogens (tertiary/aromatic N) is 2. The average Bonchev–Trinajstić information content (AvgIpc) is 2.56. The second-order valence-corrected chi connectivity index (χ2v) is 8.63. The Balaban J connectivity index is 1.67. The van der Waals surface area contributed by atoms with Crippen molar-refractivity contribution in [1.29, 1.82) is 0 Å². The molecule has 0 aromatic carbocycles. The number of unbranched alkanes of at least 4 members (excludes halogenated alkanes) is 1. The summed E-state index contributed by atoms with van der Waals surface area (Å²) >= 11 is 3.25. The molecule has 0 saturated carbocycles. The van der Waals surface area contributed by atoms with Crippen molar-refractivity contribution in [2.45, 2.75) is 58.5 Å². The van der Waals surface area contributed by atoms with Gasteiger partial charge < -0.3 is 15.0 Å². The van der Waals surface area contributed by atoms with Crippen LogP contribution >= 0.6 is 15.9 Å². The molecule has 0 spiro atoms. The van der Waals surface area contributed by atoms with Crippen LogP contribution < -0.4 is 5.32 Å². The first-order valence-corrected chi connectivity index (χ1v) is 10.1. The minimum Gasteiger partial charge on any atom is -0.444 e. The zero-order chi connectivity index (χ0) is 19.2. The first-order valence-electron chi connectivity index (χ1n) is 9.28. The van der Waals surface area contributed by atoms with E-state index in [1.165, 1.54) is 6.07 Å². The summed E-state index contributed by atoms with van der Waals surface area (Å²) in [6.07, 6.45) is 5.01. The third-order valence-electron chi connectivity index (χ3n) is 4.31. The van der Waals surface area contributed by atoms with Crippen LogP contribution in [0.1, 0.15) is 52.9 Å². The molecule has 1 unspecified atom stereocenters. The van der Waals surface area contributed by atoms with E-state index in [1.54, 1.807) is 6.07 Å². The number of pyridine rings is 1. The number of ether oxygens (including phenoxy) is 1. The van der Waals surface area contributed by atoms with Gasteiger partial charge in [-0.3, -0.25) is 0 Å². The highest BCUT2D eigenvalue weighted by atomic mass is 79.9. The van der Waals surface area contributed by atoms with E-state index in [9.17, 15) is 9.18 Å².